The van der Waals surface area contributed by atoms with Gasteiger partial charge in [0.25, 0.3) is 0 Å². The molecule has 0 fully saturated rings. The van der Waals surface area contributed by atoms with Crippen molar-refractivity contribution in [1.82, 2.24) is 4.98 Å². The third kappa shape index (κ3) is 4.94. The van der Waals surface area contributed by atoms with E-state index in [1.165, 1.54) is 0 Å². The molecule has 0 unspecified atom stereocenters. The molecule has 20 heavy (non-hydrogen) atoms. The van der Waals surface area contributed by atoms with E-state index >= 15 is 0 Å². The van der Waals surface area contributed by atoms with Gasteiger partial charge in [-0.05, 0) is 12.1 Å². The second-order valence-electron chi connectivity index (χ2n) is 3.77. The van der Waals surface area contributed by atoms with E-state index in [4.69, 9.17) is 5.11 Å². The van der Waals surface area contributed by atoms with Gasteiger partial charge >= 0.3 is 18.3 Å². The van der Waals surface area contributed by atoms with Crippen LogP contribution in [0.15, 0.2) is 18.3 Å². The van der Waals surface area contributed by atoms with Gasteiger partial charge in [0.1, 0.15) is 18.9 Å². The first-order valence-corrected chi connectivity index (χ1v) is 5.06. The summed E-state index contributed by atoms with van der Waals surface area (Å²) in [6.07, 6.45) is -8.86. The molecular weight excluding hydrogens is 294 g/mol. The number of pyridine rings is 1. The second kappa shape index (κ2) is 5.55. The number of hydrogen-bond donors (Lipinski definition) is 1. The summed E-state index contributed by atoms with van der Waals surface area (Å²) in [5, 5.41) is 8.51. The first kappa shape index (κ1) is 16.1. The minimum Gasteiger partial charge on any atom is -0.480 e. The zero-order valence-corrected chi connectivity index (χ0v) is 9.66. The van der Waals surface area contributed by atoms with Gasteiger partial charge in [-0.2, -0.15) is 26.3 Å². The quantitative estimate of drug-likeness (QED) is 0.869. The highest BCUT2D eigenvalue weighted by atomic mass is 19.4. The number of nitrogens with zero attached hydrogens (tertiary/aromatic N) is 2. The number of rotatable bonds is 4. The fraction of sp³-hybridized carbons (Fsp3) is 0.400. The average molecular weight is 302 g/mol. The molecule has 0 aliphatic carbocycles. The molecule has 0 radical (unpaired) electrons. The summed E-state index contributed by atoms with van der Waals surface area (Å²) in [4.78, 5) is 14.1. The summed E-state index contributed by atoms with van der Waals surface area (Å²) in [6, 6.07) is 0.949. The van der Waals surface area contributed by atoms with Gasteiger partial charge in [-0.3, -0.25) is 4.79 Å². The minimum absolute atomic E-state index is 0.206. The molecule has 0 amide bonds. The van der Waals surface area contributed by atoms with Crippen molar-refractivity contribution in [3.63, 3.8) is 0 Å². The Labute approximate surface area is 108 Å². The van der Waals surface area contributed by atoms with Gasteiger partial charge in [0, 0.05) is 6.20 Å². The number of aliphatic carboxylic acids is 1. The van der Waals surface area contributed by atoms with Gasteiger partial charge in [0.05, 0.1) is 5.56 Å². The summed E-state index contributed by atoms with van der Waals surface area (Å²) >= 11 is 0. The summed E-state index contributed by atoms with van der Waals surface area (Å²) in [5.41, 5.74) is -1.21. The largest absolute Gasteiger partial charge is 0.480 e. The molecule has 10 heteroatoms. The zero-order valence-electron chi connectivity index (χ0n) is 9.66. The van der Waals surface area contributed by atoms with Crippen LogP contribution in [-0.2, 0) is 11.0 Å². The zero-order chi connectivity index (χ0) is 15.6. The normalized spacial score (nSPS) is 12.3. The summed E-state index contributed by atoms with van der Waals surface area (Å²) in [7, 11) is 0. The highest BCUT2D eigenvalue weighted by molar-refractivity contribution is 5.73. The number of carbonyl (C=O) groups is 1. The van der Waals surface area contributed by atoms with Crippen molar-refractivity contribution >= 4 is 11.8 Å². The van der Waals surface area contributed by atoms with Crippen molar-refractivity contribution < 1.29 is 36.2 Å². The molecular formula is C10H8F6N2O2. The topological polar surface area (TPSA) is 53.4 Å². The SMILES string of the molecule is O=C(O)CN(CC(F)(F)F)c1cc(C(F)(F)F)ccn1. The third-order valence-corrected chi connectivity index (χ3v) is 2.09. The molecule has 0 aliphatic heterocycles. The maximum absolute atomic E-state index is 12.4. The van der Waals surface area contributed by atoms with E-state index in [0.717, 1.165) is 0 Å². The number of carboxylic acids is 1. The number of alkyl halides is 6. The molecule has 4 nitrogen and oxygen atoms in total. The lowest BCUT2D eigenvalue weighted by atomic mass is 10.2. The van der Waals surface area contributed by atoms with E-state index in [-0.39, 0.29) is 4.90 Å². The molecule has 0 aliphatic rings. The smallest absolute Gasteiger partial charge is 0.416 e. The van der Waals surface area contributed by atoms with Crippen molar-refractivity contribution in [2.24, 2.45) is 0 Å². The highest BCUT2D eigenvalue weighted by Gasteiger charge is 2.34. The summed E-state index contributed by atoms with van der Waals surface area (Å²) < 4.78 is 74.2. The fourth-order valence-electron chi connectivity index (χ4n) is 1.37. The van der Waals surface area contributed by atoms with Crippen molar-refractivity contribution in [1.29, 1.82) is 0 Å². The van der Waals surface area contributed by atoms with Crippen LogP contribution >= 0.6 is 0 Å². The van der Waals surface area contributed by atoms with Crippen molar-refractivity contribution in [2.75, 3.05) is 18.0 Å². The molecule has 0 spiro atoms. The number of carboxylic acid groups (broad SMARTS) is 1. The molecule has 0 saturated heterocycles. The number of aromatic nitrogens is 1. The van der Waals surface area contributed by atoms with Gasteiger partial charge in [0.2, 0.25) is 0 Å². The Kier molecular flexibility index (Phi) is 4.46. The third-order valence-electron chi connectivity index (χ3n) is 2.09. The van der Waals surface area contributed by atoms with Gasteiger partial charge in [0.15, 0.2) is 0 Å². The Hall–Kier alpha value is -2.00. The lowest BCUT2D eigenvalue weighted by Crippen LogP contribution is -2.38. The number of halogens is 6. The predicted octanol–water partition coefficient (Wildman–Crippen LogP) is 2.55. The molecule has 1 N–H and O–H groups in total. The molecule has 1 rings (SSSR count). The first-order valence-electron chi connectivity index (χ1n) is 5.06. The predicted molar refractivity (Wildman–Crippen MR) is 55.1 cm³/mol. The number of anilines is 1. The van der Waals surface area contributed by atoms with Gasteiger partial charge in [-0.15, -0.1) is 0 Å². The van der Waals surface area contributed by atoms with Crippen molar-refractivity contribution in [3.8, 4) is 0 Å². The second-order valence-corrected chi connectivity index (χ2v) is 3.77. The first-order chi connectivity index (χ1) is 8.99. The van der Waals surface area contributed by atoms with E-state index in [1.54, 1.807) is 0 Å². The minimum atomic E-state index is -4.77. The van der Waals surface area contributed by atoms with E-state index in [0.29, 0.717) is 18.3 Å². The maximum Gasteiger partial charge on any atom is 0.416 e. The lowest BCUT2D eigenvalue weighted by molar-refractivity contribution is -0.137. The average Bonchev–Trinajstić information content (AvgIpc) is 2.24. The Bertz CT molecular complexity index is 485. The van der Waals surface area contributed by atoms with Gasteiger partial charge < -0.3 is 10.0 Å². The highest BCUT2D eigenvalue weighted by Crippen LogP contribution is 2.31. The summed E-state index contributed by atoms with van der Waals surface area (Å²) in [6.45, 7) is -2.83. The molecule has 1 aromatic heterocycles. The molecule has 1 aromatic rings. The van der Waals surface area contributed by atoms with Crippen LogP contribution < -0.4 is 4.90 Å². The monoisotopic (exact) mass is 302 g/mol. The van der Waals surface area contributed by atoms with Crippen LogP contribution in [0, 0.1) is 0 Å². The molecule has 1 heterocycles. The standard InChI is InChI=1S/C10H8F6N2O2/c11-9(12,13)5-18(4-8(19)20)7-3-6(1-2-17-7)10(14,15)16/h1-3H,4-5H2,(H,19,20). The van der Waals surface area contributed by atoms with E-state index in [1.807, 2.05) is 0 Å². The Morgan fingerprint density at radius 2 is 1.85 bits per heavy atom. The molecule has 0 aromatic carbocycles. The lowest BCUT2D eigenvalue weighted by Gasteiger charge is -2.23. The van der Waals surface area contributed by atoms with Gasteiger partial charge in [-0.1, -0.05) is 0 Å². The van der Waals surface area contributed by atoms with Crippen LogP contribution in [0.2, 0.25) is 0 Å². The van der Waals surface area contributed by atoms with E-state index in [9.17, 15) is 31.1 Å². The van der Waals surface area contributed by atoms with Crippen LogP contribution in [0.3, 0.4) is 0 Å². The molecule has 0 saturated carbocycles. The molecule has 112 valence electrons. The van der Waals surface area contributed by atoms with Crippen LogP contribution in [0.1, 0.15) is 5.56 Å². The maximum atomic E-state index is 12.4. The van der Waals surface area contributed by atoms with Gasteiger partial charge in [-0.25, -0.2) is 4.98 Å². The van der Waals surface area contributed by atoms with Crippen LogP contribution in [0.4, 0.5) is 32.2 Å². The molecule has 0 atom stereocenters. The van der Waals surface area contributed by atoms with Crippen LogP contribution in [-0.4, -0.2) is 35.3 Å². The Morgan fingerprint density at radius 1 is 1.25 bits per heavy atom. The van der Waals surface area contributed by atoms with E-state index < -0.39 is 42.8 Å². The summed E-state index contributed by atoms with van der Waals surface area (Å²) in [5.74, 6) is -2.33. The Morgan fingerprint density at radius 3 is 2.30 bits per heavy atom. The van der Waals surface area contributed by atoms with Crippen LogP contribution in [0.5, 0.6) is 0 Å². The van der Waals surface area contributed by atoms with Crippen molar-refractivity contribution in [3.05, 3.63) is 23.9 Å². The van der Waals surface area contributed by atoms with E-state index in [2.05, 4.69) is 4.98 Å². The van der Waals surface area contributed by atoms with Crippen LogP contribution in [0.25, 0.3) is 0 Å². The molecule has 0 bridgehead atoms. The number of hydrogen-bond acceptors (Lipinski definition) is 3. The Balaban J connectivity index is 3.10. The fourth-order valence-corrected chi connectivity index (χ4v) is 1.37. The van der Waals surface area contributed by atoms with Crippen molar-refractivity contribution in [2.45, 2.75) is 12.4 Å².